The summed E-state index contributed by atoms with van der Waals surface area (Å²) < 4.78 is 61.7. The molecule has 0 bridgehead atoms. The molecule has 3 fully saturated rings. The molecule has 4 heterocycles. The Morgan fingerprint density at radius 2 is 1.59 bits per heavy atom. The number of halogens is 4. The lowest BCUT2D eigenvalue weighted by atomic mass is 9.99. The number of alkyl halides is 2. The van der Waals surface area contributed by atoms with Gasteiger partial charge in [0.15, 0.2) is 5.82 Å². The molecule has 2 aromatic carbocycles. The van der Waals surface area contributed by atoms with Crippen molar-refractivity contribution in [2.75, 3.05) is 33.7 Å². The quantitative estimate of drug-likeness (QED) is 0.152. The largest absolute Gasteiger partial charge is 0.352 e. The monoisotopic (exact) mass is 752 g/mol. The molecule has 6 atom stereocenters. The average molecular weight is 753 g/mol. The van der Waals surface area contributed by atoms with Crippen LogP contribution < -0.4 is 16.0 Å². The van der Waals surface area contributed by atoms with Crippen LogP contribution in [0.5, 0.6) is 0 Å². The Morgan fingerprint density at radius 1 is 0.926 bits per heavy atom. The summed E-state index contributed by atoms with van der Waals surface area (Å²) in [5.74, 6) is -1.63. The summed E-state index contributed by atoms with van der Waals surface area (Å²) in [6, 6.07) is 6.05. The number of hydrogen-bond acceptors (Lipinski definition) is 6. The van der Waals surface area contributed by atoms with Gasteiger partial charge in [-0.25, -0.2) is 22.5 Å². The van der Waals surface area contributed by atoms with Gasteiger partial charge >= 0.3 is 0 Å². The second kappa shape index (κ2) is 15.3. The zero-order valence-electron chi connectivity index (χ0n) is 31.0. The predicted molar refractivity (Wildman–Crippen MR) is 197 cm³/mol. The van der Waals surface area contributed by atoms with Gasteiger partial charge in [-0.15, -0.1) is 0 Å². The number of amides is 3. The Kier molecular flexibility index (Phi) is 10.7. The molecule has 2 aliphatic heterocycles. The second-order valence-corrected chi connectivity index (χ2v) is 15.4. The Bertz CT molecular complexity index is 2050. The van der Waals surface area contributed by atoms with E-state index in [2.05, 4.69) is 20.9 Å². The van der Waals surface area contributed by atoms with Crippen molar-refractivity contribution in [2.24, 2.45) is 11.8 Å². The van der Waals surface area contributed by atoms with Crippen molar-refractivity contribution in [3.05, 3.63) is 53.6 Å². The van der Waals surface area contributed by atoms with E-state index in [4.69, 9.17) is 4.98 Å². The number of likely N-dealkylation sites (tertiary alicyclic amines) is 2. The Labute approximate surface area is 311 Å². The molecule has 2 saturated heterocycles. The minimum absolute atomic E-state index is 0.0126. The number of likely N-dealkylation sites (N-methyl/N-ethyl adjacent to an activating group) is 2. The highest BCUT2D eigenvalue weighted by Crippen LogP contribution is 2.39. The SMILES string of the molecule is CNCC(=O)NC(C(=O)N1CC(F)CC1Cn1c(-c2[nH]c3cc(F)ccc3c2CC2CC(F)CN2C(=O)C(NC)C2CC2)nc2cc(F)ccc21)C(C)C. The number of fused-ring (bicyclic) bond motifs is 2. The number of aromatic nitrogens is 3. The summed E-state index contributed by atoms with van der Waals surface area (Å²) >= 11 is 0. The summed E-state index contributed by atoms with van der Waals surface area (Å²) in [4.78, 5) is 51.6. The number of carbonyl (C=O) groups is 3. The third kappa shape index (κ3) is 7.44. The molecule has 3 aliphatic rings. The van der Waals surface area contributed by atoms with Gasteiger partial charge in [-0.05, 0) is 81.1 Å². The van der Waals surface area contributed by atoms with Crippen LogP contribution in [-0.2, 0) is 27.3 Å². The molecule has 4 aromatic rings. The maximum atomic E-state index is 15.3. The Hall–Kier alpha value is -4.50. The van der Waals surface area contributed by atoms with E-state index >= 15 is 8.78 Å². The van der Waals surface area contributed by atoms with E-state index in [1.807, 2.05) is 18.4 Å². The van der Waals surface area contributed by atoms with Crippen LogP contribution in [0.3, 0.4) is 0 Å². The maximum absolute atomic E-state index is 15.3. The molecule has 1 aliphatic carbocycles. The van der Waals surface area contributed by atoms with Gasteiger partial charge in [0.1, 0.15) is 30.0 Å². The van der Waals surface area contributed by atoms with E-state index in [9.17, 15) is 23.2 Å². The lowest BCUT2D eigenvalue weighted by Gasteiger charge is -2.31. The molecule has 2 aromatic heterocycles. The van der Waals surface area contributed by atoms with E-state index in [1.54, 1.807) is 31.1 Å². The maximum Gasteiger partial charge on any atom is 0.245 e. The summed E-state index contributed by atoms with van der Waals surface area (Å²) in [6.07, 6.45) is -0.294. The fourth-order valence-corrected chi connectivity index (χ4v) is 8.43. The highest BCUT2D eigenvalue weighted by Gasteiger charge is 2.44. The standard InChI is InChI=1S/C39H48F4N8O3/c1-20(2)34(48-33(52)16-44-3)38(53)50-18-25(43)12-27(50)19-51-32-10-8-23(41)14-31(32)47-37(51)36-29(28-9-7-22(40)13-30(28)46-36)15-26-11-24(42)17-49(26)39(54)35(45-4)21-5-6-21/h7-10,13-14,20-21,24-27,34-35,44-46H,5-6,11-12,15-19H2,1-4H3,(H,48,52). The fourth-order valence-electron chi connectivity index (χ4n) is 8.43. The topological polar surface area (TPSA) is 127 Å². The molecule has 3 amide bonds. The van der Waals surface area contributed by atoms with Crippen LogP contribution in [0.1, 0.15) is 45.1 Å². The number of hydrogen-bond donors (Lipinski definition) is 4. The second-order valence-electron chi connectivity index (χ2n) is 15.4. The van der Waals surface area contributed by atoms with Crippen molar-refractivity contribution in [2.45, 2.75) is 89.0 Å². The summed E-state index contributed by atoms with van der Waals surface area (Å²) in [6.45, 7) is 3.53. The van der Waals surface area contributed by atoms with E-state index in [-0.39, 0.29) is 69.1 Å². The molecule has 11 nitrogen and oxygen atoms in total. The Balaban J connectivity index is 1.29. The normalized spacial score (nSPS) is 22.8. The van der Waals surface area contributed by atoms with E-state index in [0.29, 0.717) is 39.0 Å². The van der Waals surface area contributed by atoms with Gasteiger partial charge in [-0.3, -0.25) is 14.4 Å². The molecular weight excluding hydrogens is 704 g/mol. The molecule has 4 N–H and O–H groups in total. The lowest BCUT2D eigenvalue weighted by molar-refractivity contribution is -0.138. The molecule has 0 radical (unpaired) electrons. The number of nitrogens with one attached hydrogen (secondary N) is 4. The number of imidazole rings is 1. The van der Waals surface area contributed by atoms with Gasteiger partial charge in [0.2, 0.25) is 17.7 Å². The van der Waals surface area contributed by atoms with E-state index in [0.717, 1.165) is 12.8 Å². The summed E-state index contributed by atoms with van der Waals surface area (Å²) in [7, 11) is 3.37. The number of rotatable bonds is 13. The van der Waals surface area contributed by atoms with Crippen molar-refractivity contribution in [1.82, 2.24) is 40.3 Å². The molecule has 54 heavy (non-hydrogen) atoms. The molecule has 6 unspecified atom stereocenters. The number of benzene rings is 2. The van der Waals surface area contributed by atoms with Crippen molar-refractivity contribution in [1.29, 1.82) is 0 Å². The zero-order valence-corrected chi connectivity index (χ0v) is 31.0. The van der Waals surface area contributed by atoms with Crippen molar-refractivity contribution >= 4 is 39.7 Å². The van der Waals surface area contributed by atoms with Gasteiger partial charge in [-0.1, -0.05) is 13.8 Å². The molecule has 290 valence electrons. The first kappa shape index (κ1) is 37.8. The van der Waals surface area contributed by atoms with Gasteiger partial charge < -0.3 is 35.3 Å². The number of carbonyl (C=O) groups excluding carboxylic acids is 3. The number of aromatic amines is 1. The van der Waals surface area contributed by atoms with Crippen LogP contribution >= 0.6 is 0 Å². The van der Waals surface area contributed by atoms with Gasteiger partial charge in [0, 0.05) is 42.4 Å². The zero-order chi connectivity index (χ0) is 38.4. The van der Waals surface area contributed by atoms with Crippen LogP contribution in [0.4, 0.5) is 17.6 Å². The number of H-pyrrole nitrogens is 1. The van der Waals surface area contributed by atoms with Crippen molar-refractivity contribution in [3.8, 4) is 11.5 Å². The molecule has 1 saturated carbocycles. The number of nitrogens with zero attached hydrogens (tertiary/aromatic N) is 4. The van der Waals surface area contributed by atoms with Gasteiger partial charge in [0.05, 0.1) is 48.4 Å². The van der Waals surface area contributed by atoms with Gasteiger partial charge in [-0.2, -0.15) is 0 Å². The third-order valence-corrected chi connectivity index (χ3v) is 11.2. The molecule has 7 rings (SSSR count). The third-order valence-electron chi connectivity index (χ3n) is 11.2. The van der Waals surface area contributed by atoms with Crippen LogP contribution in [-0.4, -0.2) is 112 Å². The Morgan fingerprint density at radius 3 is 2.26 bits per heavy atom. The first-order chi connectivity index (χ1) is 25.9. The summed E-state index contributed by atoms with van der Waals surface area (Å²) in [5, 5.41) is 9.35. The van der Waals surface area contributed by atoms with Crippen LogP contribution in [0, 0.1) is 23.5 Å². The lowest BCUT2D eigenvalue weighted by Crippen LogP contribution is -2.54. The molecule has 15 heteroatoms. The minimum Gasteiger partial charge on any atom is -0.352 e. The first-order valence-corrected chi connectivity index (χ1v) is 18.8. The van der Waals surface area contributed by atoms with Gasteiger partial charge in [0.25, 0.3) is 0 Å². The predicted octanol–water partition coefficient (Wildman–Crippen LogP) is 4.24. The molecule has 0 spiro atoms. The smallest absolute Gasteiger partial charge is 0.245 e. The highest BCUT2D eigenvalue weighted by atomic mass is 19.1. The van der Waals surface area contributed by atoms with Crippen LogP contribution in [0.15, 0.2) is 36.4 Å². The van der Waals surface area contributed by atoms with Crippen molar-refractivity contribution < 1.29 is 31.9 Å². The molecular formula is C39H48F4N8O3. The van der Waals surface area contributed by atoms with Crippen molar-refractivity contribution in [3.63, 3.8) is 0 Å². The first-order valence-electron chi connectivity index (χ1n) is 18.8. The fraction of sp³-hybridized carbons (Fsp3) is 0.538. The highest BCUT2D eigenvalue weighted by molar-refractivity contribution is 5.92. The average Bonchev–Trinajstić information content (AvgIpc) is 3.46. The van der Waals surface area contributed by atoms with Crippen LogP contribution in [0.2, 0.25) is 0 Å². The van der Waals surface area contributed by atoms with E-state index < -0.39 is 54.1 Å². The van der Waals surface area contributed by atoms with Crippen LogP contribution in [0.25, 0.3) is 33.5 Å². The minimum atomic E-state index is -1.32. The summed E-state index contributed by atoms with van der Waals surface area (Å²) in [5.41, 5.74) is 2.46. The van der Waals surface area contributed by atoms with E-state index in [1.165, 1.54) is 29.2 Å².